The molecular weight excluding hydrogens is 296 g/mol. The van der Waals surface area contributed by atoms with Gasteiger partial charge >= 0.3 is 0 Å². The van der Waals surface area contributed by atoms with Crippen molar-refractivity contribution >= 4 is 5.91 Å². The molecule has 0 bridgehead atoms. The van der Waals surface area contributed by atoms with Crippen molar-refractivity contribution in [2.45, 2.75) is 25.8 Å². The van der Waals surface area contributed by atoms with E-state index in [0.717, 1.165) is 35.3 Å². The number of rotatable bonds is 5. The third-order valence-corrected chi connectivity index (χ3v) is 4.00. The standard InChI is InChI=1S/C17H20N2O4/c1-10(9-21-2)18-17(20)15-14-6-4-11-8-12(22-3)5-7-13(11)16(14)23-19-15/h5,7-8,10H,4,6,9H2,1-3H3,(H,18,20)/t10-/m1/s1. The summed E-state index contributed by atoms with van der Waals surface area (Å²) in [6.45, 7) is 2.34. The lowest BCUT2D eigenvalue weighted by atomic mass is 9.89. The Kier molecular flexibility index (Phi) is 4.34. The van der Waals surface area contributed by atoms with Crippen LogP contribution in [0.2, 0.25) is 0 Å². The largest absolute Gasteiger partial charge is 0.497 e. The van der Waals surface area contributed by atoms with Crippen LogP contribution in [0.5, 0.6) is 5.75 Å². The fourth-order valence-electron chi connectivity index (χ4n) is 2.90. The van der Waals surface area contributed by atoms with E-state index in [9.17, 15) is 4.79 Å². The van der Waals surface area contributed by atoms with Crippen LogP contribution in [0.15, 0.2) is 22.7 Å². The maximum Gasteiger partial charge on any atom is 0.274 e. The minimum Gasteiger partial charge on any atom is -0.497 e. The van der Waals surface area contributed by atoms with E-state index in [1.807, 2.05) is 25.1 Å². The molecule has 0 unspecified atom stereocenters. The van der Waals surface area contributed by atoms with Crippen molar-refractivity contribution in [3.05, 3.63) is 35.0 Å². The molecule has 0 saturated carbocycles. The van der Waals surface area contributed by atoms with Crippen LogP contribution in [0.3, 0.4) is 0 Å². The summed E-state index contributed by atoms with van der Waals surface area (Å²) in [4.78, 5) is 12.4. The van der Waals surface area contributed by atoms with Gasteiger partial charge in [0.15, 0.2) is 11.5 Å². The van der Waals surface area contributed by atoms with Crippen LogP contribution < -0.4 is 10.1 Å². The van der Waals surface area contributed by atoms with Gasteiger partial charge in [-0.1, -0.05) is 5.16 Å². The zero-order chi connectivity index (χ0) is 16.4. The lowest BCUT2D eigenvalue weighted by Crippen LogP contribution is -2.36. The quantitative estimate of drug-likeness (QED) is 0.915. The molecule has 0 fully saturated rings. The van der Waals surface area contributed by atoms with Crippen molar-refractivity contribution in [1.82, 2.24) is 10.5 Å². The molecule has 1 aliphatic carbocycles. The van der Waals surface area contributed by atoms with Gasteiger partial charge < -0.3 is 19.3 Å². The molecule has 1 amide bonds. The first-order valence-electron chi connectivity index (χ1n) is 7.59. The summed E-state index contributed by atoms with van der Waals surface area (Å²) >= 11 is 0. The number of methoxy groups -OCH3 is 2. The van der Waals surface area contributed by atoms with Gasteiger partial charge in [-0.15, -0.1) is 0 Å². The first-order valence-corrected chi connectivity index (χ1v) is 7.59. The molecule has 2 aromatic rings. The maximum absolute atomic E-state index is 12.4. The van der Waals surface area contributed by atoms with Crippen LogP contribution in [0, 0.1) is 0 Å². The first-order chi connectivity index (χ1) is 11.1. The number of hydrogen-bond donors (Lipinski definition) is 1. The summed E-state index contributed by atoms with van der Waals surface area (Å²) in [5, 5.41) is 6.86. The summed E-state index contributed by atoms with van der Waals surface area (Å²) < 4.78 is 15.8. The molecule has 1 aromatic carbocycles. The minimum atomic E-state index is -0.225. The average Bonchev–Trinajstić information content (AvgIpc) is 2.98. The number of benzene rings is 1. The third-order valence-electron chi connectivity index (χ3n) is 4.00. The van der Waals surface area contributed by atoms with Crippen LogP contribution in [0.4, 0.5) is 0 Å². The molecule has 23 heavy (non-hydrogen) atoms. The predicted molar refractivity (Wildman–Crippen MR) is 84.7 cm³/mol. The van der Waals surface area contributed by atoms with Crippen LogP contribution in [-0.4, -0.2) is 37.9 Å². The summed E-state index contributed by atoms with van der Waals surface area (Å²) in [5.41, 5.74) is 3.35. The molecule has 1 aliphatic rings. The molecule has 3 rings (SSSR count). The molecule has 1 heterocycles. The van der Waals surface area contributed by atoms with Crippen molar-refractivity contribution in [2.24, 2.45) is 0 Å². The van der Waals surface area contributed by atoms with Gasteiger partial charge in [0, 0.05) is 24.3 Å². The molecule has 1 atom stereocenters. The topological polar surface area (TPSA) is 73.6 Å². The van der Waals surface area contributed by atoms with E-state index in [2.05, 4.69) is 10.5 Å². The van der Waals surface area contributed by atoms with Crippen molar-refractivity contribution in [3.8, 4) is 17.1 Å². The number of fused-ring (bicyclic) bond motifs is 3. The molecule has 122 valence electrons. The van der Waals surface area contributed by atoms with E-state index >= 15 is 0 Å². The molecule has 0 radical (unpaired) electrons. The number of nitrogens with one attached hydrogen (secondary N) is 1. The Morgan fingerprint density at radius 3 is 2.96 bits per heavy atom. The number of aryl methyl sites for hydroxylation is 1. The summed E-state index contributed by atoms with van der Waals surface area (Å²) in [7, 11) is 3.25. The van der Waals surface area contributed by atoms with Crippen molar-refractivity contribution in [3.63, 3.8) is 0 Å². The second-order valence-electron chi connectivity index (χ2n) is 5.69. The van der Waals surface area contributed by atoms with Gasteiger partial charge in [0.05, 0.1) is 13.7 Å². The summed E-state index contributed by atoms with van der Waals surface area (Å²) in [6, 6.07) is 5.75. The van der Waals surface area contributed by atoms with Crippen LogP contribution in [-0.2, 0) is 17.6 Å². The average molecular weight is 316 g/mol. The molecule has 0 aliphatic heterocycles. The Morgan fingerprint density at radius 1 is 1.39 bits per heavy atom. The Labute approximate surface area is 134 Å². The highest BCUT2D eigenvalue weighted by Gasteiger charge is 2.28. The fraction of sp³-hybridized carbons (Fsp3) is 0.412. The van der Waals surface area contributed by atoms with Gasteiger partial charge in [-0.3, -0.25) is 4.79 Å². The van der Waals surface area contributed by atoms with E-state index in [1.165, 1.54) is 0 Å². The summed E-state index contributed by atoms with van der Waals surface area (Å²) in [6.07, 6.45) is 1.55. The van der Waals surface area contributed by atoms with Crippen LogP contribution in [0.1, 0.15) is 28.5 Å². The molecule has 0 spiro atoms. The highest BCUT2D eigenvalue weighted by Crippen LogP contribution is 2.36. The first kappa shape index (κ1) is 15.6. The number of hydrogen-bond acceptors (Lipinski definition) is 5. The van der Waals surface area contributed by atoms with Gasteiger partial charge in [0.25, 0.3) is 5.91 Å². The SMILES string of the molecule is COC[C@@H](C)NC(=O)c1noc2c1CCc1cc(OC)ccc1-2. The van der Waals surface area contributed by atoms with Crippen LogP contribution >= 0.6 is 0 Å². The normalized spacial score (nSPS) is 13.9. The molecule has 1 N–H and O–H groups in total. The minimum absolute atomic E-state index is 0.0833. The lowest BCUT2D eigenvalue weighted by Gasteiger charge is -2.16. The van der Waals surface area contributed by atoms with Gasteiger partial charge in [-0.05, 0) is 43.5 Å². The smallest absolute Gasteiger partial charge is 0.274 e. The molecule has 0 saturated heterocycles. The number of carbonyl (C=O) groups excluding carboxylic acids is 1. The second-order valence-corrected chi connectivity index (χ2v) is 5.69. The van der Waals surface area contributed by atoms with E-state index in [4.69, 9.17) is 14.0 Å². The van der Waals surface area contributed by atoms with Gasteiger partial charge in [0.1, 0.15) is 5.75 Å². The molecule has 6 heteroatoms. The second kappa shape index (κ2) is 6.42. The van der Waals surface area contributed by atoms with Crippen molar-refractivity contribution < 1.29 is 18.8 Å². The zero-order valence-corrected chi connectivity index (χ0v) is 13.5. The monoisotopic (exact) mass is 316 g/mol. The lowest BCUT2D eigenvalue weighted by molar-refractivity contribution is 0.0896. The van der Waals surface area contributed by atoms with E-state index in [1.54, 1.807) is 14.2 Å². The van der Waals surface area contributed by atoms with E-state index < -0.39 is 0 Å². The highest BCUT2D eigenvalue weighted by molar-refractivity contribution is 5.95. The van der Waals surface area contributed by atoms with Gasteiger partial charge in [0.2, 0.25) is 0 Å². The van der Waals surface area contributed by atoms with E-state index in [-0.39, 0.29) is 11.9 Å². The number of aromatic nitrogens is 1. The number of nitrogens with zero attached hydrogens (tertiary/aromatic N) is 1. The Morgan fingerprint density at radius 2 is 2.22 bits per heavy atom. The van der Waals surface area contributed by atoms with Crippen molar-refractivity contribution in [2.75, 3.05) is 20.8 Å². The maximum atomic E-state index is 12.4. The number of carbonyl (C=O) groups is 1. The highest BCUT2D eigenvalue weighted by atomic mass is 16.5. The Bertz CT molecular complexity index is 723. The van der Waals surface area contributed by atoms with Gasteiger partial charge in [-0.2, -0.15) is 0 Å². The molecule has 1 aromatic heterocycles. The molecular formula is C17H20N2O4. The van der Waals surface area contributed by atoms with E-state index in [0.29, 0.717) is 18.1 Å². The summed E-state index contributed by atoms with van der Waals surface area (Å²) in [5.74, 6) is 1.27. The number of amides is 1. The van der Waals surface area contributed by atoms with Crippen molar-refractivity contribution in [1.29, 1.82) is 0 Å². The van der Waals surface area contributed by atoms with Crippen LogP contribution in [0.25, 0.3) is 11.3 Å². The molecule has 6 nitrogen and oxygen atoms in total. The zero-order valence-electron chi connectivity index (χ0n) is 13.5. The fourth-order valence-corrected chi connectivity index (χ4v) is 2.90. The Hall–Kier alpha value is -2.34. The Balaban J connectivity index is 1.88. The third kappa shape index (κ3) is 2.94. The number of ether oxygens (including phenoxy) is 2. The van der Waals surface area contributed by atoms with Gasteiger partial charge in [-0.25, -0.2) is 0 Å². The predicted octanol–water partition coefficient (Wildman–Crippen LogP) is 2.21.